The molecule has 0 fully saturated rings. The molecule has 0 atom stereocenters. The van der Waals surface area contributed by atoms with Gasteiger partial charge >= 0.3 is 5.97 Å². The van der Waals surface area contributed by atoms with Crippen molar-refractivity contribution in [3.63, 3.8) is 0 Å². The van der Waals surface area contributed by atoms with E-state index in [9.17, 15) is 9.59 Å². The Morgan fingerprint density at radius 3 is 2.47 bits per heavy atom. The Morgan fingerprint density at radius 2 is 2.00 bits per heavy atom. The predicted octanol–water partition coefficient (Wildman–Crippen LogP) is 2.75. The second-order valence-electron chi connectivity index (χ2n) is 3.59. The maximum absolute atomic E-state index is 11.7. The summed E-state index contributed by atoms with van der Waals surface area (Å²) in [6, 6.07) is 0. The first-order chi connectivity index (χ1) is 8.04. The number of hydrogen-bond donors (Lipinski definition) is 1. The van der Waals surface area contributed by atoms with Gasteiger partial charge in [-0.2, -0.15) is 0 Å². The van der Waals surface area contributed by atoms with E-state index < -0.39 is 5.97 Å². The molecule has 0 aliphatic heterocycles. The SMILES string of the molecule is CCC(=O)Nc1sc(C)c(CC)c1C(=O)OC. The lowest BCUT2D eigenvalue weighted by Gasteiger charge is -2.05. The van der Waals surface area contributed by atoms with Gasteiger partial charge in [-0.25, -0.2) is 4.79 Å². The highest BCUT2D eigenvalue weighted by Gasteiger charge is 2.22. The summed E-state index contributed by atoms with van der Waals surface area (Å²) in [6.07, 6.45) is 1.13. The maximum Gasteiger partial charge on any atom is 0.341 e. The molecule has 1 heterocycles. The molecule has 0 unspecified atom stereocenters. The molecule has 0 aromatic carbocycles. The van der Waals surface area contributed by atoms with Crippen LogP contribution in [0.3, 0.4) is 0 Å². The van der Waals surface area contributed by atoms with Crippen LogP contribution < -0.4 is 5.32 Å². The highest BCUT2D eigenvalue weighted by Crippen LogP contribution is 2.33. The monoisotopic (exact) mass is 255 g/mol. The zero-order chi connectivity index (χ0) is 13.0. The van der Waals surface area contributed by atoms with E-state index in [0.29, 0.717) is 17.0 Å². The van der Waals surface area contributed by atoms with Crippen LogP contribution in [0, 0.1) is 6.92 Å². The first-order valence-electron chi connectivity index (χ1n) is 5.55. The van der Waals surface area contributed by atoms with E-state index in [1.165, 1.54) is 18.4 Å². The van der Waals surface area contributed by atoms with Crippen LogP contribution in [-0.4, -0.2) is 19.0 Å². The van der Waals surface area contributed by atoms with E-state index in [-0.39, 0.29) is 5.91 Å². The van der Waals surface area contributed by atoms with Crippen molar-refractivity contribution >= 4 is 28.2 Å². The summed E-state index contributed by atoms with van der Waals surface area (Å²) in [5.41, 5.74) is 1.45. The minimum Gasteiger partial charge on any atom is -0.465 e. The molecule has 4 nitrogen and oxygen atoms in total. The average Bonchev–Trinajstić information content (AvgIpc) is 2.63. The van der Waals surface area contributed by atoms with E-state index in [1.807, 2.05) is 13.8 Å². The van der Waals surface area contributed by atoms with E-state index in [4.69, 9.17) is 4.74 Å². The third-order valence-electron chi connectivity index (χ3n) is 2.53. The maximum atomic E-state index is 11.7. The number of nitrogens with one attached hydrogen (secondary N) is 1. The van der Waals surface area contributed by atoms with Crippen LogP contribution in [0.15, 0.2) is 0 Å². The Kier molecular flexibility index (Phi) is 4.69. The first kappa shape index (κ1) is 13.7. The zero-order valence-electron chi connectivity index (χ0n) is 10.5. The molecule has 0 radical (unpaired) electrons. The zero-order valence-corrected chi connectivity index (χ0v) is 11.4. The third kappa shape index (κ3) is 2.85. The van der Waals surface area contributed by atoms with Crippen molar-refractivity contribution in [1.29, 1.82) is 0 Å². The van der Waals surface area contributed by atoms with Crippen LogP contribution in [-0.2, 0) is 16.0 Å². The van der Waals surface area contributed by atoms with Crippen molar-refractivity contribution in [3.8, 4) is 0 Å². The molecule has 1 amide bonds. The van der Waals surface area contributed by atoms with E-state index in [0.717, 1.165) is 16.9 Å². The molecule has 1 rings (SSSR count). The third-order valence-corrected chi connectivity index (χ3v) is 3.59. The molecule has 1 aromatic rings. The summed E-state index contributed by atoms with van der Waals surface area (Å²) in [4.78, 5) is 24.2. The van der Waals surface area contributed by atoms with Crippen molar-refractivity contribution in [3.05, 3.63) is 16.0 Å². The summed E-state index contributed by atoms with van der Waals surface area (Å²) in [7, 11) is 1.35. The Hall–Kier alpha value is -1.36. The van der Waals surface area contributed by atoms with Gasteiger partial charge in [-0.15, -0.1) is 11.3 Å². The van der Waals surface area contributed by atoms with Crippen LogP contribution in [0.25, 0.3) is 0 Å². The topological polar surface area (TPSA) is 55.4 Å². The van der Waals surface area contributed by atoms with Gasteiger partial charge in [0.2, 0.25) is 5.91 Å². The number of amides is 1. The number of anilines is 1. The standard InChI is InChI=1S/C12H17NO3S/c1-5-8-7(3)17-11(13-9(14)6-2)10(8)12(15)16-4/h5-6H2,1-4H3,(H,13,14). The van der Waals surface area contributed by atoms with Crippen molar-refractivity contribution in [2.45, 2.75) is 33.6 Å². The first-order valence-corrected chi connectivity index (χ1v) is 6.37. The number of carbonyl (C=O) groups excluding carboxylic acids is 2. The van der Waals surface area contributed by atoms with E-state index in [2.05, 4.69) is 5.32 Å². The van der Waals surface area contributed by atoms with Gasteiger partial charge in [0.1, 0.15) is 5.00 Å². The quantitative estimate of drug-likeness (QED) is 0.842. The molecule has 0 saturated carbocycles. The van der Waals surface area contributed by atoms with Crippen molar-refractivity contribution < 1.29 is 14.3 Å². The number of rotatable bonds is 4. The summed E-state index contributed by atoms with van der Waals surface area (Å²) in [5.74, 6) is -0.489. The van der Waals surface area contributed by atoms with Gasteiger partial charge in [-0.05, 0) is 18.9 Å². The highest BCUT2D eigenvalue weighted by molar-refractivity contribution is 7.16. The number of methoxy groups -OCH3 is 1. The van der Waals surface area contributed by atoms with Crippen LogP contribution in [0.1, 0.15) is 41.1 Å². The number of aryl methyl sites for hydroxylation is 1. The molecular formula is C12H17NO3S. The molecule has 0 saturated heterocycles. The fraction of sp³-hybridized carbons (Fsp3) is 0.500. The number of thiophene rings is 1. The molecular weight excluding hydrogens is 238 g/mol. The van der Waals surface area contributed by atoms with Crippen molar-refractivity contribution in [1.82, 2.24) is 0 Å². The van der Waals surface area contributed by atoms with Crippen molar-refractivity contribution in [2.75, 3.05) is 12.4 Å². The molecule has 0 spiro atoms. The minimum atomic E-state index is -0.391. The molecule has 1 N–H and O–H groups in total. The lowest BCUT2D eigenvalue weighted by atomic mass is 10.1. The fourth-order valence-electron chi connectivity index (χ4n) is 1.63. The largest absolute Gasteiger partial charge is 0.465 e. The molecule has 5 heteroatoms. The molecule has 17 heavy (non-hydrogen) atoms. The number of ether oxygens (including phenoxy) is 1. The van der Waals surface area contributed by atoms with E-state index in [1.54, 1.807) is 6.92 Å². The van der Waals surface area contributed by atoms with Gasteiger partial charge in [0.25, 0.3) is 0 Å². The number of carbonyl (C=O) groups is 2. The lowest BCUT2D eigenvalue weighted by Crippen LogP contribution is -2.13. The summed E-state index contributed by atoms with van der Waals surface area (Å²) in [5, 5.41) is 3.35. The fourth-order valence-corrected chi connectivity index (χ4v) is 2.77. The minimum absolute atomic E-state index is 0.0981. The van der Waals surface area contributed by atoms with Crippen LogP contribution in [0.2, 0.25) is 0 Å². The normalized spacial score (nSPS) is 10.1. The second-order valence-corrected chi connectivity index (χ2v) is 4.81. The van der Waals surface area contributed by atoms with Crippen LogP contribution in [0.5, 0.6) is 0 Å². The Morgan fingerprint density at radius 1 is 1.35 bits per heavy atom. The van der Waals surface area contributed by atoms with E-state index >= 15 is 0 Å². The predicted molar refractivity (Wildman–Crippen MR) is 68.7 cm³/mol. The highest BCUT2D eigenvalue weighted by atomic mass is 32.1. The van der Waals surface area contributed by atoms with Crippen LogP contribution >= 0.6 is 11.3 Å². The average molecular weight is 255 g/mol. The Bertz CT molecular complexity index is 437. The van der Waals surface area contributed by atoms with Gasteiger partial charge in [0, 0.05) is 11.3 Å². The summed E-state index contributed by atoms with van der Waals surface area (Å²) in [6.45, 7) is 5.69. The summed E-state index contributed by atoms with van der Waals surface area (Å²) < 4.78 is 4.76. The van der Waals surface area contributed by atoms with Gasteiger partial charge in [-0.3, -0.25) is 4.79 Å². The van der Waals surface area contributed by atoms with Gasteiger partial charge in [-0.1, -0.05) is 13.8 Å². The van der Waals surface area contributed by atoms with Gasteiger partial charge in [0.15, 0.2) is 0 Å². The number of esters is 1. The molecule has 0 bridgehead atoms. The Labute approximate surface area is 105 Å². The Balaban J connectivity index is 3.20. The molecule has 1 aromatic heterocycles. The van der Waals surface area contributed by atoms with Gasteiger partial charge in [0.05, 0.1) is 12.7 Å². The lowest BCUT2D eigenvalue weighted by molar-refractivity contribution is -0.115. The molecule has 94 valence electrons. The van der Waals surface area contributed by atoms with Crippen molar-refractivity contribution in [2.24, 2.45) is 0 Å². The molecule has 0 aliphatic carbocycles. The summed E-state index contributed by atoms with van der Waals surface area (Å²) >= 11 is 1.42. The van der Waals surface area contributed by atoms with Gasteiger partial charge < -0.3 is 10.1 Å². The second kappa shape index (κ2) is 5.82. The van der Waals surface area contributed by atoms with Crippen LogP contribution in [0.4, 0.5) is 5.00 Å². The number of hydrogen-bond acceptors (Lipinski definition) is 4. The molecule has 0 aliphatic rings. The smallest absolute Gasteiger partial charge is 0.341 e.